The highest BCUT2D eigenvalue weighted by molar-refractivity contribution is 6.30. The second kappa shape index (κ2) is 7.78. The molecule has 2 aromatic carbocycles. The van der Waals surface area contributed by atoms with E-state index in [0.29, 0.717) is 0 Å². The number of nitrogens with one attached hydrogen (secondary N) is 1. The molecule has 0 saturated heterocycles. The van der Waals surface area contributed by atoms with E-state index in [1.165, 1.54) is 11.1 Å². The van der Waals surface area contributed by atoms with Crippen LogP contribution in [0.3, 0.4) is 0 Å². The Kier molecular flexibility index (Phi) is 4.84. The van der Waals surface area contributed by atoms with E-state index in [1.54, 1.807) is 0 Å². The summed E-state index contributed by atoms with van der Waals surface area (Å²) in [6, 6.07) is 18.0. The third-order valence-electron chi connectivity index (χ3n) is 5.29. The molecule has 1 aliphatic heterocycles. The minimum atomic E-state index is 0.719. The van der Waals surface area contributed by atoms with Gasteiger partial charge >= 0.3 is 0 Å². The van der Waals surface area contributed by atoms with Crippen molar-refractivity contribution in [3.63, 3.8) is 0 Å². The molecule has 1 N–H and O–H groups in total. The molecule has 0 bridgehead atoms. The van der Waals surface area contributed by atoms with Crippen LogP contribution in [0.25, 0.3) is 22.6 Å². The molecule has 0 unspecified atom stereocenters. The minimum Gasteiger partial charge on any atom is -0.294 e. The number of rotatable bonds is 4. The van der Waals surface area contributed by atoms with E-state index in [0.717, 1.165) is 59.4 Å². The van der Waals surface area contributed by atoms with E-state index in [2.05, 4.69) is 32.2 Å². The van der Waals surface area contributed by atoms with Gasteiger partial charge < -0.3 is 0 Å². The number of aromatic amines is 1. The van der Waals surface area contributed by atoms with Crippen molar-refractivity contribution < 1.29 is 0 Å². The molecule has 0 amide bonds. The van der Waals surface area contributed by atoms with Crippen LogP contribution in [-0.2, 0) is 19.5 Å². The first kappa shape index (κ1) is 18.0. The van der Waals surface area contributed by atoms with Gasteiger partial charge in [0.1, 0.15) is 0 Å². The smallest absolute Gasteiger partial charge is 0.159 e. The van der Waals surface area contributed by atoms with E-state index < -0.39 is 0 Å². The zero-order valence-corrected chi connectivity index (χ0v) is 16.6. The average molecular weight is 402 g/mol. The highest BCUT2D eigenvalue weighted by Gasteiger charge is 2.20. The van der Waals surface area contributed by atoms with Gasteiger partial charge in [0.05, 0.1) is 17.6 Å². The first-order chi connectivity index (χ1) is 14.3. The predicted octanol–water partition coefficient (Wildman–Crippen LogP) is 4.75. The molecule has 0 aliphatic carbocycles. The van der Waals surface area contributed by atoms with Crippen LogP contribution in [-0.4, -0.2) is 31.6 Å². The molecule has 144 valence electrons. The number of halogens is 1. The summed E-state index contributed by atoms with van der Waals surface area (Å²) in [4.78, 5) is 11.8. The Labute approximate surface area is 174 Å². The number of H-pyrrole nitrogens is 1. The molecule has 0 radical (unpaired) electrons. The second-order valence-corrected chi connectivity index (χ2v) is 7.71. The Morgan fingerprint density at radius 3 is 2.62 bits per heavy atom. The van der Waals surface area contributed by atoms with Gasteiger partial charge in [-0.2, -0.15) is 5.10 Å². The highest BCUT2D eigenvalue weighted by Crippen LogP contribution is 2.26. The SMILES string of the molecule is Clc1ccc(-c2ncc3c(n2)CCN(Cc2cn[nH]c2-c2ccccc2)C3)cc1. The highest BCUT2D eigenvalue weighted by atomic mass is 35.5. The van der Waals surface area contributed by atoms with Gasteiger partial charge in [0.15, 0.2) is 5.82 Å². The quantitative estimate of drug-likeness (QED) is 0.536. The second-order valence-electron chi connectivity index (χ2n) is 7.27. The molecule has 2 aromatic heterocycles. The lowest BCUT2D eigenvalue weighted by molar-refractivity contribution is 0.243. The van der Waals surface area contributed by atoms with Crippen molar-refractivity contribution in [1.29, 1.82) is 0 Å². The Balaban J connectivity index is 1.33. The minimum absolute atomic E-state index is 0.719. The molecule has 6 heteroatoms. The Morgan fingerprint density at radius 1 is 0.966 bits per heavy atom. The van der Waals surface area contributed by atoms with Crippen molar-refractivity contribution in [3.8, 4) is 22.6 Å². The maximum absolute atomic E-state index is 5.99. The molecular formula is C23H20ClN5. The topological polar surface area (TPSA) is 57.7 Å². The summed E-state index contributed by atoms with van der Waals surface area (Å²) in [5.74, 6) is 0.759. The van der Waals surface area contributed by atoms with Crippen LogP contribution < -0.4 is 0 Å². The van der Waals surface area contributed by atoms with Crippen molar-refractivity contribution in [1.82, 2.24) is 25.1 Å². The van der Waals surface area contributed by atoms with Crippen molar-refractivity contribution >= 4 is 11.6 Å². The third kappa shape index (κ3) is 3.79. The van der Waals surface area contributed by atoms with Gasteiger partial charge in [-0.15, -0.1) is 0 Å². The van der Waals surface area contributed by atoms with Crippen molar-refractivity contribution in [3.05, 3.63) is 88.8 Å². The molecule has 0 atom stereocenters. The molecule has 3 heterocycles. The average Bonchev–Trinajstić information content (AvgIpc) is 3.23. The fourth-order valence-electron chi connectivity index (χ4n) is 3.77. The molecule has 29 heavy (non-hydrogen) atoms. The maximum Gasteiger partial charge on any atom is 0.159 e. The van der Waals surface area contributed by atoms with E-state index in [1.807, 2.05) is 54.9 Å². The summed E-state index contributed by atoms with van der Waals surface area (Å²) in [5.41, 5.74) is 6.78. The zero-order valence-electron chi connectivity index (χ0n) is 15.8. The van der Waals surface area contributed by atoms with Gasteiger partial charge in [0.2, 0.25) is 0 Å². The van der Waals surface area contributed by atoms with Gasteiger partial charge in [0, 0.05) is 54.0 Å². The molecule has 1 aliphatic rings. The van der Waals surface area contributed by atoms with Gasteiger partial charge in [-0.25, -0.2) is 9.97 Å². The Morgan fingerprint density at radius 2 is 1.79 bits per heavy atom. The standard InChI is InChI=1S/C23H20ClN5/c24-20-8-6-17(7-9-20)23-25-12-18-14-29(11-10-21(18)27-23)15-19-13-26-28-22(19)16-4-2-1-3-5-16/h1-9,12-13H,10-11,14-15H2,(H,26,28). The summed E-state index contributed by atoms with van der Waals surface area (Å²) >= 11 is 5.99. The molecule has 4 aromatic rings. The van der Waals surface area contributed by atoms with Crippen LogP contribution in [0.5, 0.6) is 0 Å². The molecule has 0 spiro atoms. The van der Waals surface area contributed by atoms with Gasteiger partial charge in [0.25, 0.3) is 0 Å². The zero-order chi connectivity index (χ0) is 19.6. The van der Waals surface area contributed by atoms with Crippen molar-refractivity contribution in [2.75, 3.05) is 6.54 Å². The van der Waals surface area contributed by atoms with Gasteiger partial charge in [-0.05, 0) is 29.8 Å². The summed E-state index contributed by atoms with van der Waals surface area (Å²) < 4.78 is 0. The lowest BCUT2D eigenvalue weighted by Gasteiger charge is -2.28. The lowest BCUT2D eigenvalue weighted by atomic mass is 10.0. The summed E-state index contributed by atoms with van der Waals surface area (Å²) in [5, 5.41) is 8.14. The monoisotopic (exact) mass is 401 g/mol. The van der Waals surface area contributed by atoms with Crippen LogP contribution >= 0.6 is 11.6 Å². The van der Waals surface area contributed by atoms with Crippen LogP contribution in [0.4, 0.5) is 0 Å². The summed E-state index contributed by atoms with van der Waals surface area (Å²) in [7, 11) is 0. The van der Waals surface area contributed by atoms with Gasteiger partial charge in [-0.1, -0.05) is 41.9 Å². The fraction of sp³-hybridized carbons (Fsp3) is 0.174. The number of aromatic nitrogens is 4. The molecule has 0 saturated carbocycles. The largest absolute Gasteiger partial charge is 0.294 e. The first-order valence-electron chi connectivity index (χ1n) is 9.67. The normalized spacial score (nSPS) is 14.0. The van der Waals surface area contributed by atoms with E-state index >= 15 is 0 Å². The lowest BCUT2D eigenvalue weighted by Crippen LogP contribution is -2.31. The number of nitrogens with zero attached hydrogens (tertiary/aromatic N) is 4. The predicted molar refractivity (Wildman–Crippen MR) is 114 cm³/mol. The number of hydrogen-bond acceptors (Lipinski definition) is 4. The molecule has 0 fully saturated rings. The van der Waals surface area contributed by atoms with E-state index in [9.17, 15) is 0 Å². The molecule has 5 nitrogen and oxygen atoms in total. The van der Waals surface area contributed by atoms with Crippen molar-refractivity contribution in [2.45, 2.75) is 19.5 Å². The maximum atomic E-state index is 5.99. The number of fused-ring (bicyclic) bond motifs is 1. The molecular weight excluding hydrogens is 382 g/mol. The van der Waals surface area contributed by atoms with E-state index in [4.69, 9.17) is 16.6 Å². The van der Waals surface area contributed by atoms with Gasteiger partial charge in [-0.3, -0.25) is 10.00 Å². The summed E-state index contributed by atoms with van der Waals surface area (Å²) in [6.07, 6.45) is 4.81. The Bertz CT molecular complexity index is 1120. The molecule has 5 rings (SSSR count). The van der Waals surface area contributed by atoms with Crippen LogP contribution in [0.1, 0.15) is 16.8 Å². The first-order valence-corrected chi connectivity index (χ1v) is 10.0. The summed E-state index contributed by atoms with van der Waals surface area (Å²) in [6.45, 7) is 2.65. The van der Waals surface area contributed by atoms with Crippen LogP contribution in [0.15, 0.2) is 67.0 Å². The number of benzene rings is 2. The fourth-order valence-corrected chi connectivity index (χ4v) is 3.90. The third-order valence-corrected chi connectivity index (χ3v) is 5.54. The van der Waals surface area contributed by atoms with Crippen LogP contribution in [0.2, 0.25) is 5.02 Å². The number of hydrogen-bond donors (Lipinski definition) is 1. The van der Waals surface area contributed by atoms with Crippen LogP contribution in [0, 0.1) is 0 Å². The van der Waals surface area contributed by atoms with E-state index in [-0.39, 0.29) is 0 Å². The Hall–Kier alpha value is -3.02. The van der Waals surface area contributed by atoms with Crippen molar-refractivity contribution in [2.24, 2.45) is 0 Å².